The third-order valence-corrected chi connectivity index (χ3v) is 8.16. The van der Waals surface area contributed by atoms with Gasteiger partial charge in [0.25, 0.3) is 0 Å². The Kier molecular flexibility index (Phi) is 4.46. The second kappa shape index (κ2) is 6.42. The third kappa shape index (κ3) is 2.75. The van der Waals surface area contributed by atoms with Crippen LogP contribution in [-0.4, -0.2) is 9.95 Å². The Balaban J connectivity index is 0.000000652. The minimum Gasteiger partial charge on any atom is -0.119 e. The van der Waals surface area contributed by atoms with Gasteiger partial charge in [0.05, 0.1) is 4.20 Å². The Morgan fingerprint density at radius 1 is 1.04 bits per heavy atom. The van der Waals surface area contributed by atoms with E-state index in [2.05, 4.69) is 30.4 Å². The van der Waals surface area contributed by atoms with E-state index in [9.17, 15) is 0 Å². The van der Waals surface area contributed by atoms with Crippen molar-refractivity contribution < 1.29 is 0 Å². The minimum absolute atomic E-state index is 0.619. The van der Waals surface area contributed by atoms with E-state index in [-0.39, 0.29) is 0 Å². The van der Waals surface area contributed by atoms with Gasteiger partial charge in [0.1, 0.15) is 0 Å². The largest absolute Gasteiger partial charge is 0.119 e. The quantitative estimate of drug-likeness (QED) is 0.361. The van der Waals surface area contributed by atoms with Crippen LogP contribution in [0.25, 0.3) is 0 Å². The SMILES string of the molecule is CC.S=C1CSC2=CC3CCC4=C(C=C3C=C2S1)C1C=CC4C1. The fraction of sp³-hybridized carbons (Fsp3) is 0.450. The Morgan fingerprint density at radius 2 is 1.87 bits per heavy atom. The molecule has 1 heterocycles. The second-order valence-electron chi connectivity index (χ2n) is 6.41. The number of thioether (sulfide) groups is 2. The van der Waals surface area contributed by atoms with Gasteiger partial charge in [-0.15, -0.1) is 11.8 Å². The molecule has 120 valence electrons. The summed E-state index contributed by atoms with van der Waals surface area (Å²) in [5.41, 5.74) is 4.90. The predicted octanol–water partition coefficient (Wildman–Crippen LogP) is 6.44. The molecule has 5 aliphatic rings. The number of allylic oxidation sites excluding steroid dienone is 8. The van der Waals surface area contributed by atoms with Crippen LogP contribution < -0.4 is 0 Å². The summed E-state index contributed by atoms with van der Waals surface area (Å²) < 4.78 is 1.12. The molecule has 3 heteroatoms. The molecular weight excluding hydrogens is 336 g/mol. The first-order valence-electron chi connectivity index (χ1n) is 8.68. The number of hydrogen-bond donors (Lipinski definition) is 0. The van der Waals surface area contributed by atoms with Crippen molar-refractivity contribution in [2.45, 2.75) is 33.1 Å². The smallest absolute Gasteiger partial charge is 0.0630 e. The van der Waals surface area contributed by atoms with Gasteiger partial charge in [-0.25, -0.2) is 0 Å². The van der Waals surface area contributed by atoms with Gasteiger partial charge in [-0.3, -0.25) is 0 Å². The summed E-state index contributed by atoms with van der Waals surface area (Å²) in [5, 5.41) is 0. The summed E-state index contributed by atoms with van der Waals surface area (Å²) in [7, 11) is 0. The molecule has 0 spiro atoms. The molecule has 1 saturated heterocycles. The summed E-state index contributed by atoms with van der Waals surface area (Å²) in [4.78, 5) is 2.86. The van der Waals surface area contributed by atoms with Gasteiger partial charge in [-0.2, -0.15) is 0 Å². The fourth-order valence-electron chi connectivity index (χ4n) is 4.24. The molecule has 0 aromatic heterocycles. The van der Waals surface area contributed by atoms with Crippen LogP contribution in [0.15, 0.2) is 56.9 Å². The zero-order valence-corrected chi connectivity index (χ0v) is 16.1. The lowest BCUT2D eigenvalue weighted by atomic mass is 9.89. The molecule has 0 saturated carbocycles. The van der Waals surface area contributed by atoms with E-state index in [4.69, 9.17) is 12.2 Å². The molecule has 1 fully saturated rings. The van der Waals surface area contributed by atoms with Crippen molar-refractivity contribution >= 4 is 39.9 Å². The van der Waals surface area contributed by atoms with Gasteiger partial charge in [-0.1, -0.05) is 67.7 Å². The summed E-state index contributed by atoms with van der Waals surface area (Å²) in [6.07, 6.45) is 16.2. The topological polar surface area (TPSA) is 0 Å². The third-order valence-electron chi connectivity index (χ3n) is 5.24. The average molecular weight is 359 g/mol. The molecule has 1 aliphatic heterocycles. The molecule has 23 heavy (non-hydrogen) atoms. The van der Waals surface area contributed by atoms with Crippen molar-refractivity contribution in [2.75, 3.05) is 5.75 Å². The van der Waals surface area contributed by atoms with Crippen molar-refractivity contribution in [2.24, 2.45) is 17.8 Å². The van der Waals surface area contributed by atoms with Crippen LogP contribution in [0.5, 0.6) is 0 Å². The summed E-state index contributed by atoms with van der Waals surface area (Å²) in [6, 6.07) is 0. The summed E-state index contributed by atoms with van der Waals surface area (Å²) in [5.74, 6) is 3.07. The van der Waals surface area contributed by atoms with E-state index in [1.807, 2.05) is 25.6 Å². The highest BCUT2D eigenvalue weighted by Gasteiger charge is 2.36. The second-order valence-corrected chi connectivity index (χ2v) is 9.31. The Hall–Kier alpha value is -0.510. The molecular formula is C20H22S3. The van der Waals surface area contributed by atoms with Crippen molar-refractivity contribution in [1.82, 2.24) is 0 Å². The highest BCUT2D eigenvalue weighted by atomic mass is 32.2. The molecule has 0 aromatic carbocycles. The summed E-state index contributed by atoms with van der Waals surface area (Å²) in [6.45, 7) is 4.00. The fourth-order valence-corrected chi connectivity index (χ4v) is 6.74. The molecule has 0 nitrogen and oxygen atoms in total. The van der Waals surface area contributed by atoms with Gasteiger partial charge in [0.15, 0.2) is 0 Å². The van der Waals surface area contributed by atoms with Gasteiger partial charge < -0.3 is 0 Å². The van der Waals surface area contributed by atoms with Crippen LogP contribution in [0.3, 0.4) is 0 Å². The van der Waals surface area contributed by atoms with Crippen LogP contribution >= 0.6 is 35.7 Å². The highest BCUT2D eigenvalue weighted by Crippen LogP contribution is 2.51. The monoisotopic (exact) mass is 358 g/mol. The maximum absolute atomic E-state index is 5.40. The van der Waals surface area contributed by atoms with Crippen LogP contribution in [0.1, 0.15) is 33.1 Å². The van der Waals surface area contributed by atoms with Crippen LogP contribution in [0.2, 0.25) is 0 Å². The standard InChI is InChI=1S/C18H16S3.C2H6/c19-18-9-20-16-7-10-3-4-14-11-1-2-12(5-11)15(14)6-13(10)8-17(16)21-18;1-2/h1-2,6-8,10-12H,3-5,9H2;1-2H3. The maximum Gasteiger partial charge on any atom is 0.0630 e. The molecule has 0 aromatic rings. The van der Waals surface area contributed by atoms with E-state index in [1.54, 1.807) is 22.9 Å². The molecule has 3 atom stereocenters. The summed E-state index contributed by atoms with van der Waals surface area (Å²) >= 11 is 9.14. The van der Waals surface area contributed by atoms with Crippen LogP contribution in [-0.2, 0) is 0 Å². The zero-order chi connectivity index (χ0) is 16.0. The zero-order valence-electron chi connectivity index (χ0n) is 13.7. The maximum atomic E-state index is 5.40. The van der Waals surface area contributed by atoms with Crippen molar-refractivity contribution in [3.63, 3.8) is 0 Å². The molecule has 0 N–H and O–H groups in total. The lowest BCUT2D eigenvalue weighted by Crippen LogP contribution is -2.11. The van der Waals surface area contributed by atoms with Crippen molar-refractivity contribution in [3.8, 4) is 0 Å². The first-order chi connectivity index (χ1) is 11.3. The van der Waals surface area contributed by atoms with Gasteiger partial charge in [0, 0.05) is 27.4 Å². The molecule has 2 bridgehead atoms. The molecule has 3 unspecified atom stereocenters. The number of rotatable bonds is 0. The normalized spacial score (nSPS) is 33.6. The Bertz CT molecular complexity index is 702. The highest BCUT2D eigenvalue weighted by molar-refractivity contribution is 8.29. The Labute approximate surface area is 153 Å². The number of hydrogen-bond acceptors (Lipinski definition) is 3. The molecule has 4 aliphatic carbocycles. The van der Waals surface area contributed by atoms with Crippen molar-refractivity contribution in [1.29, 1.82) is 0 Å². The lowest BCUT2D eigenvalue weighted by Gasteiger charge is -2.26. The van der Waals surface area contributed by atoms with Crippen LogP contribution in [0, 0.1) is 17.8 Å². The molecule has 0 amide bonds. The van der Waals surface area contributed by atoms with Gasteiger partial charge in [0.2, 0.25) is 0 Å². The van der Waals surface area contributed by atoms with E-state index in [1.165, 1.54) is 34.6 Å². The van der Waals surface area contributed by atoms with Crippen molar-refractivity contribution in [3.05, 3.63) is 56.9 Å². The van der Waals surface area contributed by atoms with E-state index in [0.29, 0.717) is 11.8 Å². The van der Waals surface area contributed by atoms with Gasteiger partial charge in [-0.05, 0) is 42.4 Å². The van der Waals surface area contributed by atoms with Gasteiger partial charge >= 0.3 is 0 Å². The lowest BCUT2D eigenvalue weighted by molar-refractivity contribution is 0.630. The predicted molar refractivity (Wildman–Crippen MR) is 109 cm³/mol. The molecule has 5 rings (SSSR count). The number of thiocarbonyl (C=S) groups is 1. The first-order valence-corrected chi connectivity index (χ1v) is 10.9. The minimum atomic E-state index is 0.619. The number of fused-ring (bicyclic) bond motifs is 6. The van der Waals surface area contributed by atoms with Crippen LogP contribution in [0.4, 0.5) is 0 Å². The Morgan fingerprint density at radius 3 is 2.74 bits per heavy atom. The average Bonchev–Trinajstić information content (AvgIpc) is 3.11. The first kappa shape index (κ1) is 16.0. The van der Waals surface area contributed by atoms with E-state index in [0.717, 1.165) is 15.9 Å². The molecule has 0 radical (unpaired) electrons. The van der Waals surface area contributed by atoms with E-state index >= 15 is 0 Å². The van der Waals surface area contributed by atoms with E-state index < -0.39 is 0 Å².